The fourth-order valence-corrected chi connectivity index (χ4v) is 0.326. The zero-order chi connectivity index (χ0) is 8.91. The summed E-state index contributed by atoms with van der Waals surface area (Å²) in [7, 11) is 19.1. The SMILES string of the molecule is Cn1ccnc1.[Cl][Fe]([Cl])([Cl])[Cl]. The van der Waals surface area contributed by atoms with Crippen molar-refractivity contribution in [1.82, 2.24) is 9.55 Å². The van der Waals surface area contributed by atoms with Crippen LogP contribution in [0.5, 0.6) is 0 Å². The summed E-state index contributed by atoms with van der Waals surface area (Å²) in [4.78, 5) is 3.78. The summed E-state index contributed by atoms with van der Waals surface area (Å²) >= 11 is 0. The van der Waals surface area contributed by atoms with Crippen LogP contribution in [0.1, 0.15) is 0 Å². The van der Waals surface area contributed by atoms with E-state index in [1.807, 2.05) is 17.8 Å². The Morgan fingerprint density at radius 2 is 1.73 bits per heavy atom. The molecule has 0 saturated carbocycles. The van der Waals surface area contributed by atoms with Gasteiger partial charge < -0.3 is 4.57 Å². The first-order chi connectivity index (χ1) is 4.89. The van der Waals surface area contributed by atoms with Crippen LogP contribution < -0.4 is 0 Å². The van der Waals surface area contributed by atoms with Crippen molar-refractivity contribution in [2.45, 2.75) is 0 Å². The normalized spacial score (nSPS) is 11.7. The molecule has 0 aliphatic rings. The molecule has 2 nitrogen and oxygen atoms in total. The molecule has 1 heterocycles. The van der Waals surface area contributed by atoms with Crippen molar-refractivity contribution in [3.05, 3.63) is 18.7 Å². The summed E-state index contributed by atoms with van der Waals surface area (Å²) in [6.45, 7) is 0. The number of rotatable bonds is 0. The van der Waals surface area contributed by atoms with Crippen LogP contribution >= 0.6 is 40.4 Å². The van der Waals surface area contributed by atoms with E-state index in [0.29, 0.717) is 0 Å². The number of halogens is 4. The molecule has 68 valence electrons. The maximum atomic E-state index is 4.95. The first kappa shape index (κ1) is 11.9. The van der Waals surface area contributed by atoms with E-state index in [1.54, 1.807) is 12.5 Å². The molecule has 1 aromatic rings. The Morgan fingerprint density at radius 3 is 1.82 bits per heavy atom. The van der Waals surface area contributed by atoms with Gasteiger partial charge in [0, 0.05) is 19.4 Å². The topological polar surface area (TPSA) is 17.8 Å². The van der Waals surface area contributed by atoms with E-state index >= 15 is 0 Å². The van der Waals surface area contributed by atoms with Gasteiger partial charge in [-0.25, -0.2) is 4.98 Å². The summed E-state index contributed by atoms with van der Waals surface area (Å²) in [5, 5.41) is 0. The fourth-order valence-electron chi connectivity index (χ4n) is 0.326. The standard InChI is InChI=1S/C4H6N2.4ClH.Fe/c1-6-3-2-5-4-6;;;;;/h2-4H,1H3;4*1H;/q;;;;;+4/p-4. The molecule has 0 radical (unpaired) electrons. The summed E-state index contributed by atoms with van der Waals surface area (Å²) in [6.07, 6.45) is 5.39. The molecule has 7 heteroatoms. The molecule has 11 heavy (non-hydrogen) atoms. The van der Waals surface area contributed by atoms with Crippen molar-refractivity contribution in [3.8, 4) is 0 Å². The molecule has 0 bridgehead atoms. The molecule has 0 aliphatic carbocycles. The predicted molar refractivity (Wildman–Crippen MR) is 46.6 cm³/mol. The first-order valence-electron chi connectivity index (χ1n) is 2.35. The van der Waals surface area contributed by atoms with Gasteiger partial charge in [0.1, 0.15) is 0 Å². The summed E-state index contributed by atoms with van der Waals surface area (Å²) in [6, 6.07) is 0. The van der Waals surface area contributed by atoms with Gasteiger partial charge in [-0.05, 0) is 0 Å². The summed E-state index contributed by atoms with van der Waals surface area (Å²) in [5.74, 6) is 0. The molecule has 0 N–H and O–H groups in total. The van der Waals surface area contributed by atoms with Crippen molar-refractivity contribution in [3.63, 3.8) is 0 Å². The van der Waals surface area contributed by atoms with E-state index in [1.165, 1.54) is 0 Å². The first-order valence-corrected chi connectivity index (χ1v) is 8.43. The number of imidazole rings is 1. The fraction of sp³-hybridized carbons (Fsp3) is 0.250. The van der Waals surface area contributed by atoms with Crippen LogP contribution in [0, 0.1) is 0 Å². The number of hydrogen-bond donors (Lipinski definition) is 0. The van der Waals surface area contributed by atoms with Crippen molar-refractivity contribution in [2.24, 2.45) is 7.05 Å². The third-order valence-corrected chi connectivity index (χ3v) is 0.637. The maximum absolute atomic E-state index is 4.95. The third-order valence-electron chi connectivity index (χ3n) is 0.637. The van der Waals surface area contributed by atoms with Crippen molar-refractivity contribution < 1.29 is 9.20 Å². The van der Waals surface area contributed by atoms with Gasteiger partial charge in [-0.15, -0.1) is 0 Å². The van der Waals surface area contributed by atoms with Gasteiger partial charge in [0.25, 0.3) is 0 Å². The molecule has 1 aromatic heterocycles. The van der Waals surface area contributed by atoms with Crippen molar-refractivity contribution >= 4 is 40.4 Å². The van der Waals surface area contributed by atoms with E-state index in [9.17, 15) is 0 Å². The second kappa shape index (κ2) is 5.52. The Morgan fingerprint density at radius 1 is 1.27 bits per heavy atom. The third kappa shape index (κ3) is 13.8. The van der Waals surface area contributed by atoms with E-state index in [-0.39, 0.29) is 0 Å². The Balaban J connectivity index is 0.000000187. The molecule has 0 aliphatic heterocycles. The molecule has 1 rings (SSSR count). The average Bonchev–Trinajstić information content (AvgIpc) is 2.12. The Labute approximate surface area is 84.5 Å². The van der Waals surface area contributed by atoms with Gasteiger partial charge in [0.2, 0.25) is 0 Å². The van der Waals surface area contributed by atoms with Crippen molar-refractivity contribution in [2.75, 3.05) is 0 Å². The molecular weight excluding hydrogens is 274 g/mol. The van der Waals surface area contributed by atoms with E-state index in [4.69, 9.17) is 40.4 Å². The average molecular weight is 280 g/mol. The molecule has 0 atom stereocenters. The van der Waals surface area contributed by atoms with E-state index < -0.39 is 9.20 Å². The zero-order valence-electron chi connectivity index (χ0n) is 5.49. The van der Waals surface area contributed by atoms with E-state index in [2.05, 4.69) is 4.98 Å². The molecule has 0 unspecified atom stereocenters. The molecule has 0 fully saturated rings. The van der Waals surface area contributed by atoms with E-state index in [0.717, 1.165) is 0 Å². The predicted octanol–water partition coefficient (Wildman–Crippen LogP) is 3.18. The molecular formula is C4H6Cl4FeN2. The number of hydrogen-bond acceptors (Lipinski definition) is 1. The van der Waals surface area contributed by atoms with Gasteiger partial charge in [0.05, 0.1) is 6.33 Å². The quantitative estimate of drug-likeness (QED) is 0.667. The molecule has 0 spiro atoms. The Kier molecular flexibility index (Phi) is 5.97. The van der Waals surface area contributed by atoms with Crippen LogP contribution in [0.25, 0.3) is 0 Å². The second-order valence-corrected chi connectivity index (χ2v) is 12.5. The Bertz CT molecular complexity index is 176. The van der Waals surface area contributed by atoms with Crippen LogP contribution in [0.3, 0.4) is 0 Å². The number of nitrogens with zero attached hydrogens (tertiary/aromatic N) is 2. The van der Waals surface area contributed by atoms with Gasteiger partial charge >= 0.3 is 49.6 Å². The van der Waals surface area contributed by atoms with Crippen LogP contribution in [-0.2, 0) is 16.2 Å². The van der Waals surface area contributed by atoms with Gasteiger partial charge in [0.15, 0.2) is 0 Å². The molecule has 0 aromatic carbocycles. The van der Waals surface area contributed by atoms with Gasteiger partial charge in [-0.3, -0.25) is 0 Å². The monoisotopic (exact) mass is 278 g/mol. The van der Waals surface area contributed by atoms with Crippen LogP contribution in [-0.4, -0.2) is 9.55 Å². The molecule has 0 saturated heterocycles. The minimum absolute atomic E-state index is 1.75. The van der Waals surface area contributed by atoms with Gasteiger partial charge in [-0.1, -0.05) is 0 Å². The Hall–Kier alpha value is 0.889. The number of aromatic nitrogens is 2. The number of aryl methyl sites for hydroxylation is 1. The van der Waals surface area contributed by atoms with Crippen LogP contribution in [0.4, 0.5) is 0 Å². The second-order valence-electron chi connectivity index (χ2n) is 1.53. The minimum atomic E-state index is -2.61. The molecule has 0 amide bonds. The zero-order valence-corrected chi connectivity index (χ0v) is 9.62. The summed E-state index contributed by atoms with van der Waals surface area (Å²) in [5.41, 5.74) is 0. The van der Waals surface area contributed by atoms with Crippen LogP contribution in [0.15, 0.2) is 18.7 Å². The van der Waals surface area contributed by atoms with Crippen molar-refractivity contribution in [1.29, 1.82) is 0 Å². The summed E-state index contributed by atoms with van der Waals surface area (Å²) < 4.78 is 1.89. The van der Waals surface area contributed by atoms with Crippen LogP contribution in [0.2, 0.25) is 0 Å². The van der Waals surface area contributed by atoms with Gasteiger partial charge in [-0.2, -0.15) is 0 Å².